The van der Waals surface area contributed by atoms with Crippen LogP contribution in [0.25, 0.3) is 0 Å². The van der Waals surface area contributed by atoms with Crippen molar-refractivity contribution >= 4 is 156 Å². The number of aliphatic imine (C=N–C) groups is 2. The molecule has 4 rings (SSSR count). The van der Waals surface area contributed by atoms with E-state index in [2.05, 4.69) is 107 Å². The van der Waals surface area contributed by atoms with E-state index < -0.39 is 322 Å². The summed E-state index contributed by atoms with van der Waals surface area (Å²) in [6.45, 7) is 12.3. The van der Waals surface area contributed by atoms with Crippen LogP contribution in [0.1, 0.15) is 183 Å². The standard InChI is InChI=1S/C88H143N28O27PS/c1-10-44(7)67(81(135)107-54(33-42(3)4)74(128)103-51(25-27-62(90)119)72(126)102-52(26-28-65(122)123)73(127)104-53(86(140)144(141,142)143)22-16-30-99-88(95)96)113-80(134)61-24-18-32-116(61)85(139)66(43(5)6)111-76(130)55(35-48-38-97-41-100-48)105-78(132)59(39-117)110-75(129)56(36-63(91)120)108-83(137)69(46(9)118)114-82(136)68(45(8)11-2)112-77(131)57(37-64(92)121)106-79(133)60-23-17-31-115(60)84(138)58(34-47-19-13-12-14-20-47)109-71(125)50(21-15-29-98-87(93)94)101-70(124)49(89)40-145/h12-14,19-20,38,41-46,49-61,66-69,117-118,145H,10-11,15-18,21-37,39-40,89H2,1-9H3,(H2,90,119)(H2,91,120)(H2,92,121)(H,97,100)(H,101,124)(H,102,126)(H,103,128)(H,104,127)(H,105,132)(H,106,133)(H,107,135)(H,108,137)(H,109,125)(H,110,129)(H,111,130)(H,112,131)(H,113,134)(H,114,136)(H,122,123)(H4,93,94,98)(H4,95,96,99)(H2,141,142,143)/t44-,45-,46+,49-,50-,51-,52-,53-,54-,55-,56-,57-,58-,59-,60-,61-,66-,67-,68-,69-/m0/s1. The van der Waals surface area contributed by atoms with E-state index in [-0.39, 0.29) is 120 Å². The van der Waals surface area contributed by atoms with Crippen LogP contribution in [0.5, 0.6) is 0 Å². The Morgan fingerprint density at radius 2 is 0.883 bits per heavy atom. The highest BCUT2D eigenvalue weighted by Crippen LogP contribution is 2.38. The molecule has 36 N–H and O–H groups in total. The third kappa shape index (κ3) is 41.6. The average Bonchev–Trinajstić information content (AvgIpc) is 1.11. The van der Waals surface area contributed by atoms with E-state index in [1.54, 1.807) is 65.0 Å². The van der Waals surface area contributed by atoms with Gasteiger partial charge in [0.1, 0.15) is 96.7 Å². The van der Waals surface area contributed by atoms with Crippen LogP contribution in [0.15, 0.2) is 52.8 Å². The lowest BCUT2D eigenvalue weighted by Crippen LogP contribution is -2.63. The highest BCUT2D eigenvalue weighted by molar-refractivity contribution is 7.80. The minimum atomic E-state index is -5.55. The molecule has 0 bridgehead atoms. The SMILES string of the molecule is CC[C@H](C)[C@H](NC(=O)[C@H](CC(N)=O)NC(=O)[C@@H]1CCCN1C(=O)[C@H](Cc1ccccc1)NC(=O)[C@H](CCCN=C(N)N)NC(=O)[C@@H](N)CS)C(=O)N[C@H](C(=O)N[C@@H](CC(N)=O)C(=O)N[C@@H](CO)C(=O)N[C@@H](Cc1c[nH]cn1)C(=O)N[C@H](C(=O)N1CCC[C@H]1C(=O)N[C@H](C(=O)N[C@@H](CC(C)C)C(=O)N[C@@H](CCC(N)=O)C(=O)N[C@@H](CCC(=O)O)C(=O)N[C@@H](CCCN=C(N)N)C(=O)P(=O)(O)O)[C@@H](C)CC)C(C)C)[C@@H](C)O. The molecule has 57 heteroatoms. The van der Waals surface area contributed by atoms with Crippen LogP contribution < -0.4 is 120 Å². The number of likely N-dealkylation sites (tertiary alicyclic amines) is 2. The molecule has 19 amide bonds. The number of amides is 19. The third-order valence-electron chi connectivity index (χ3n) is 23.8. The number of benzene rings is 1. The topological polar surface area (TPSA) is 913 Å². The number of nitrogens with one attached hydrogen (secondary N) is 15. The third-order valence-corrected chi connectivity index (χ3v) is 25.1. The minimum Gasteiger partial charge on any atom is -0.481 e. The number of carbonyl (C=O) groups is 21. The number of aliphatic hydroxyl groups excluding tert-OH is 2. The van der Waals surface area contributed by atoms with Crippen molar-refractivity contribution in [2.75, 3.05) is 38.5 Å². The van der Waals surface area contributed by atoms with Gasteiger partial charge in [0, 0.05) is 63.8 Å². The molecule has 0 aliphatic carbocycles. The van der Waals surface area contributed by atoms with Crippen molar-refractivity contribution in [1.82, 2.24) is 94.2 Å². The Kier molecular flexibility index (Phi) is 51.9. The minimum absolute atomic E-state index is 0.00174. The number of hydrogen-bond donors (Lipinski definition) is 29. The van der Waals surface area contributed by atoms with Crippen molar-refractivity contribution < 1.29 is 130 Å². The number of primary amides is 3. The predicted molar refractivity (Wildman–Crippen MR) is 523 cm³/mol. The number of nitrogens with two attached hydrogens (primary N) is 8. The number of aromatic amines is 1. The number of carboxylic acids is 1. The molecule has 1 aromatic carbocycles. The zero-order valence-electron chi connectivity index (χ0n) is 82.4. The van der Waals surface area contributed by atoms with Gasteiger partial charge in [0.05, 0.1) is 43.6 Å². The number of H-pyrrole nitrogens is 1. The molecule has 2 fully saturated rings. The van der Waals surface area contributed by atoms with Crippen LogP contribution in [-0.2, 0) is 118 Å². The summed E-state index contributed by atoms with van der Waals surface area (Å²) in [4.78, 5) is 329. The Labute approximate surface area is 841 Å². The van der Waals surface area contributed by atoms with Crippen molar-refractivity contribution in [3.63, 3.8) is 0 Å². The summed E-state index contributed by atoms with van der Waals surface area (Å²) in [6.07, 6.45) is -4.39. The van der Waals surface area contributed by atoms with Crippen molar-refractivity contribution in [3.05, 3.63) is 54.1 Å². The van der Waals surface area contributed by atoms with Gasteiger partial charge in [-0.25, -0.2) is 4.98 Å². The molecule has 0 saturated carbocycles. The highest BCUT2D eigenvalue weighted by atomic mass is 32.1. The fourth-order valence-electron chi connectivity index (χ4n) is 15.5. The van der Waals surface area contributed by atoms with Gasteiger partial charge in [-0.1, -0.05) is 98.6 Å². The fourth-order valence-corrected chi connectivity index (χ4v) is 16.3. The van der Waals surface area contributed by atoms with Gasteiger partial charge in [0.25, 0.3) is 5.52 Å². The number of hydrogen-bond acceptors (Lipinski definition) is 29. The van der Waals surface area contributed by atoms with Crippen LogP contribution in [0.4, 0.5) is 0 Å². The summed E-state index contributed by atoms with van der Waals surface area (Å²) in [5, 5.41) is 65.5. The molecule has 1 aromatic heterocycles. The zero-order chi connectivity index (χ0) is 109. The molecule has 0 unspecified atom stereocenters. The highest BCUT2D eigenvalue weighted by Gasteiger charge is 2.47. The number of aliphatic carboxylic acids is 1. The first-order valence-electron chi connectivity index (χ1n) is 47.4. The first-order chi connectivity index (χ1) is 68.1. The van der Waals surface area contributed by atoms with Gasteiger partial charge in [0.15, 0.2) is 11.9 Å². The molecule has 55 nitrogen and oxygen atoms in total. The van der Waals surface area contributed by atoms with Crippen molar-refractivity contribution in [2.45, 2.75) is 293 Å². The van der Waals surface area contributed by atoms with Crippen LogP contribution in [0, 0.1) is 23.7 Å². The average molecular weight is 2090 g/mol. The van der Waals surface area contributed by atoms with Gasteiger partial charge < -0.3 is 160 Å². The number of aliphatic hydroxyl groups is 2. The smallest absolute Gasteiger partial charge is 0.393 e. The summed E-state index contributed by atoms with van der Waals surface area (Å²) in [7, 11) is -5.55. The first kappa shape index (κ1) is 124. The number of carboxylic acid groups (broad SMARTS) is 1. The normalized spacial score (nSPS) is 17.2. The second kappa shape index (κ2) is 60.9. The summed E-state index contributed by atoms with van der Waals surface area (Å²) in [5.41, 5.74) is 43.2. The maximum absolute atomic E-state index is 15.0. The molecule has 808 valence electrons. The van der Waals surface area contributed by atoms with E-state index >= 15 is 0 Å². The lowest BCUT2D eigenvalue weighted by atomic mass is 9.96. The van der Waals surface area contributed by atoms with Crippen LogP contribution in [0.3, 0.4) is 0 Å². The molecule has 2 aliphatic heterocycles. The Hall–Kier alpha value is -13.6. The summed E-state index contributed by atoms with van der Waals surface area (Å²) in [5.74, 6) is -25.4. The van der Waals surface area contributed by atoms with E-state index in [9.17, 15) is 130 Å². The number of imidazole rings is 1. The summed E-state index contributed by atoms with van der Waals surface area (Å²) >= 11 is 4.08. The van der Waals surface area contributed by atoms with Crippen LogP contribution >= 0.6 is 20.2 Å². The maximum Gasteiger partial charge on any atom is 0.393 e. The predicted octanol–water partition coefficient (Wildman–Crippen LogP) is -9.92. The van der Waals surface area contributed by atoms with Gasteiger partial charge in [-0.3, -0.25) is 115 Å². The Bertz CT molecular complexity index is 4930. The quantitative estimate of drug-likeness (QED) is 0.00961. The van der Waals surface area contributed by atoms with E-state index in [4.69, 9.17) is 45.9 Å². The number of carbonyl (C=O) groups excluding carboxylic acids is 20. The Morgan fingerprint density at radius 1 is 0.476 bits per heavy atom. The molecule has 0 spiro atoms. The van der Waals surface area contributed by atoms with E-state index in [1.165, 1.54) is 38.2 Å². The molecule has 3 heterocycles. The zero-order valence-corrected chi connectivity index (χ0v) is 84.2. The molecule has 0 radical (unpaired) electrons. The number of nitrogens with zero attached hydrogens (tertiary/aromatic N) is 5. The van der Waals surface area contributed by atoms with Gasteiger partial charge in [-0.15, -0.1) is 0 Å². The van der Waals surface area contributed by atoms with E-state index in [1.807, 2.05) is 0 Å². The van der Waals surface area contributed by atoms with Gasteiger partial charge in [-0.05, 0) is 107 Å². The second-order valence-corrected chi connectivity index (χ2v) is 38.2. The van der Waals surface area contributed by atoms with E-state index in [0.717, 1.165) is 11.8 Å². The maximum atomic E-state index is 15.0. The van der Waals surface area contributed by atoms with Gasteiger partial charge in [0.2, 0.25) is 112 Å². The molecular formula is C88H143N28O27PS. The van der Waals surface area contributed by atoms with Crippen molar-refractivity contribution in [1.29, 1.82) is 0 Å². The first-order valence-corrected chi connectivity index (χ1v) is 49.6. The molecule has 145 heavy (non-hydrogen) atoms. The van der Waals surface area contributed by atoms with Gasteiger partial charge in [-0.2, -0.15) is 12.6 Å². The Morgan fingerprint density at radius 3 is 1.36 bits per heavy atom. The number of rotatable bonds is 64. The second-order valence-electron chi connectivity index (χ2n) is 36.3. The largest absolute Gasteiger partial charge is 0.481 e. The molecule has 2 aliphatic rings. The lowest BCUT2D eigenvalue weighted by molar-refractivity contribution is -0.143. The molecular weight excluding hydrogens is 1940 g/mol. The molecule has 2 saturated heterocycles. The Balaban J connectivity index is 1.55. The summed E-state index contributed by atoms with van der Waals surface area (Å²) in [6, 6.07) is -19.7. The number of aromatic nitrogens is 2. The number of guanidine groups is 2. The lowest BCUT2D eigenvalue weighted by Gasteiger charge is -2.33. The summed E-state index contributed by atoms with van der Waals surface area (Å²) < 4.78 is 12.1. The van der Waals surface area contributed by atoms with Crippen LogP contribution in [0.2, 0.25) is 0 Å². The van der Waals surface area contributed by atoms with Crippen molar-refractivity contribution in [3.8, 4) is 0 Å². The van der Waals surface area contributed by atoms with Crippen molar-refractivity contribution in [2.24, 2.45) is 79.5 Å². The van der Waals surface area contributed by atoms with Gasteiger partial charge >= 0.3 is 13.6 Å². The molecule has 2 aromatic rings. The van der Waals surface area contributed by atoms with E-state index in [0.29, 0.717) is 5.56 Å². The van der Waals surface area contributed by atoms with Crippen LogP contribution in [-0.4, -0.2) is 328 Å². The molecule has 20 atom stereocenters. The fraction of sp³-hybridized carbons (Fsp3) is 0.636. The monoisotopic (exact) mass is 2090 g/mol. The number of thiol groups is 1.